The highest BCUT2D eigenvalue weighted by molar-refractivity contribution is 5.96. The number of primary amides is 1. The second-order valence-corrected chi connectivity index (χ2v) is 4.40. The van der Waals surface area contributed by atoms with Crippen LogP contribution in [0.4, 0.5) is 0 Å². The smallest absolute Gasteiger partial charge is 0.267 e. The number of hydrogen-bond donors (Lipinski definition) is 1. The van der Waals surface area contributed by atoms with Gasteiger partial charge in [0, 0.05) is 5.39 Å². The van der Waals surface area contributed by atoms with Gasteiger partial charge in [-0.2, -0.15) is 0 Å². The second kappa shape index (κ2) is 8.57. The van der Waals surface area contributed by atoms with Gasteiger partial charge in [-0.1, -0.05) is 56.9 Å². The van der Waals surface area contributed by atoms with Crippen molar-refractivity contribution in [2.24, 2.45) is 5.73 Å². The Morgan fingerprint density at radius 2 is 1.91 bits per heavy atom. The zero-order chi connectivity index (χ0) is 16.5. The van der Waals surface area contributed by atoms with E-state index in [4.69, 9.17) is 5.73 Å². The largest absolute Gasteiger partial charge is 0.364 e. The fraction of sp³-hybridized carbons (Fsp3) is 0.158. The van der Waals surface area contributed by atoms with Gasteiger partial charge in [0.25, 0.3) is 5.91 Å². The van der Waals surface area contributed by atoms with Crippen molar-refractivity contribution in [2.45, 2.75) is 20.8 Å². The van der Waals surface area contributed by atoms with Crippen LogP contribution < -0.4 is 5.73 Å². The maximum atomic E-state index is 11.2. The minimum absolute atomic E-state index is 0.280. The number of fused-ring (bicyclic) bond motifs is 1. The van der Waals surface area contributed by atoms with Crippen LogP contribution in [0.2, 0.25) is 0 Å². The maximum Gasteiger partial charge on any atom is 0.267 e. The van der Waals surface area contributed by atoms with E-state index in [1.54, 1.807) is 12.1 Å². The average molecular weight is 294 g/mol. The summed E-state index contributed by atoms with van der Waals surface area (Å²) in [6.07, 6.45) is 7.55. The zero-order valence-electron chi connectivity index (χ0n) is 13.3. The quantitative estimate of drug-likeness (QED) is 0.844. The SMILES string of the molecule is C=C/C=C\C=C(/C)c1cccc2nc(C(N)=O)ccc12.CC. The highest BCUT2D eigenvalue weighted by Crippen LogP contribution is 2.24. The first kappa shape index (κ1) is 17.4. The van der Waals surface area contributed by atoms with Crippen LogP contribution in [0.3, 0.4) is 0 Å². The van der Waals surface area contributed by atoms with E-state index in [0.29, 0.717) is 0 Å². The van der Waals surface area contributed by atoms with Crippen molar-refractivity contribution in [3.8, 4) is 0 Å². The van der Waals surface area contributed by atoms with Gasteiger partial charge in [0.05, 0.1) is 5.52 Å². The van der Waals surface area contributed by atoms with Crippen LogP contribution in [0.25, 0.3) is 16.5 Å². The molecule has 1 amide bonds. The summed E-state index contributed by atoms with van der Waals surface area (Å²) in [5, 5.41) is 0.998. The van der Waals surface area contributed by atoms with E-state index in [9.17, 15) is 4.79 Å². The summed E-state index contributed by atoms with van der Waals surface area (Å²) in [4.78, 5) is 15.4. The van der Waals surface area contributed by atoms with E-state index < -0.39 is 5.91 Å². The van der Waals surface area contributed by atoms with E-state index in [2.05, 4.69) is 11.6 Å². The number of carbonyl (C=O) groups excluding carboxylic acids is 1. The Morgan fingerprint density at radius 3 is 2.55 bits per heavy atom. The summed E-state index contributed by atoms with van der Waals surface area (Å²) in [5.74, 6) is -0.515. The highest BCUT2D eigenvalue weighted by Gasteiger charge is 2.07. The van der Waals surface area contributed by atoms with Crippen molar-refractivity contribution in [3.63, 3.8) is 0 Å². The number of nitrogens with two attached hydrogens (primary N) is 1. The van der Waals surface area contributed by atoms with E-state index in [-0.39, 0.29) is 5.69 Å². The third-order valence-corrected chi connectivity index (χ3v) is 3.00. The van der Waals surface area contributed by atoms with E-state index in [0.717, 1.165) is 22.0 Å². The number of rotatable bonds is 4. The first-order valence-corrected chi connectivity index (χ1v) is 7.29. The summed E-state index contributed by atoms with van der Waals surface area (Å²) < 4.78 is 0. The molecule has 0 aliphatic rings. The predicted molar refractivity (Wildman–Crippen MR) is 94.6 cm³/mol. The summed E-state index contributed by atoms with van der Waals surface area (Å²) in [7, 11) is 0. The van der Waals surface area contributed by atoms with Crippen molar-refractivity contribution >= 4 is 22.4 Å². The lowest BCUT2D eigenvalue weighted by atomic mass is 10.0. The molecule has 0 spiro atoms. The van der Waals surface area contributed by atoms with Crippen molar-refractivity contribution < 1.29 is 4.79 Å². The number of amides is 1. The lowest BCUT2D eigenvalue weighted by Gasteiger charge is -2.07. The lowest BCUT2D eigenvalue weighted by Crippen LogP contribution is -2.12. The molecule has 22 heavy (non-hydrogen) atoms. The number of carbonyl (C=O) groups is 1. The van der Waals surface area contributed by atoms with Crippen LogP contribution in [-0.2, 0) is 0 Å². The van der Waals surface area contributed by atoms with Crippen LogP contribution in [0.5, 0.6) is 0 Å². The van der Waals surface area contributed by atoms with Crippen molar-refractivity contribution in [2.75, 3.05) is 0 Å². The summed E-state index contributed by atoms with van der Waals surface area (Å²) in [6.45, 7) is 9.67. The molecule has 0 radical (unpaired) electrons. The maximum absolute atomic E-state index is 11.2. The van der Waals surface area contributed by atoms with Gasteiger partial charge in [0.2, 0.25) is 0 Å². The van der Waals surface area contributed by atoms with Crippen molar-refractivity contribution in [1.29, 1.82) is 0 Å². The van der Waals surface area contributed by atoms with E-state index in [1.165, 1.54) is 0 Å². The Hall–Kier alpha value is -2.68. The molecule has 0 aliphatic heterocycles. The molecule has 2 rings (SSSR count). The number of nitrogens with zero attached hydrogens (tertiary/aromatic N) is 1. The number of aromatic nitrogens is 1. The molecule has 3 nitrogen and oxygen atoms in total. The number of pyridine rings is 1. The minimum atomic E-state index is -0.515. The van der Waals surface area contributed by atoms with Gasteiger partial charge in [-0.25, -0.2) is 4.98 Å². The van der Waals surface area contributed by atoms with Gasteiger partial charge in [-0.15, -0.1) is 0 Å². The van der Waals surface area contributed by atoms with Crippen molar-refractivity contribution in [3.05, 3.63) is 72.5 Å². The third kappa shape index (κ3) is 4.16. The molecule has 2 aromatic rings. The molecule has 1 heterocycles. The molecular formula is C19H22N2O. The second-order valence-electron chi connectivity index (χ2n) is 4.40. The Labute approximate surface area is 131 Å². The normalized spacial score (nSPS) is 11.1. The molecule has 0 fully saturated rings. The Balaban J connectivity index is 0.00000116. The first-order chi connectivity index (χ1) is 10.6. The lowest BCUT2D eigenvalue weighted by molar-refractivity contribution is 0.0996. The average Bonchev–Trinajstić information content (AvgIpc) is 2.55. The first-order valence-electron chi connectivity index (χ1n) is 7.29. The van der Waals surface area contributed by atoms with Crippen LogP contribution in [0, 0.1) is 0 Å². The van der Waals surface area contributed by atoms with Gasteiger partial charge in [0.1, 0.15) is 5.69 Å². The monoisotopic (exact) mass is 294 g/mol. The topological polar surface area (TPSA) is 56.0 Å². The number of allylic oxidation sites excluding steroid dienone is 5. The van der Waals surface area contributed by atoms with Gasteiger partial charge in [0.15, 0.2) is 0 Å². The van der Waals surface area contributed by atoms with Gasteiger partial charge in [-0.3, -0.25) is 4.79 Å². The molecule has 0 atom stereocenters. The molecular weight excluding hydrogens is 272 g/mol. The fourth-order valence-electron chi connectivity index (χ4n) is 2.00. The van der Waals surface area contributed by atoms with Crippen molar-refractivity contribution in [1.82, 2.24) is 4.98 Å². The Bertz CT molecular complexity index is 727. The van der Waals surface area contributed by atoms with Gasteiger partial charge >= 0.3 is 0 Å². The van der Waals surface area contributed by atoms with Crippen LogP contribution in [0.15, 0.2) is 61.2 Å². The molecule has 0 aliphatic carbocycles. The Morgan fingerprint density at radius 1 is 1.18 bits per heavy atom. The molecule has 0 unspecified atom stereocenters. The Kier molecular flexibility index (Phi) is 6.77. The highest BCUT2D eigenvalue weighted by atomic mass is 16.1. The minimum Gasteiger partial charge on any atom is -0.364 e. The molecule has 0 saturated heterocycles. The fourth-order valence-corrected chi connectivity index (χ4v) is 2.00. The predicted octanol–water partition coefficient (Wildman–Crippen LogP) is 4.51. The molecule has 1 aromatic heterocycles. The van der Waals surface area contributed by atoms with Crippen LogP contribution >= 0.6 is 0 Å². The summed E-state index contributed by atoms with van der Waals surface area (Å²) >= 11 is 0. The molecule has 0 bridgehead atoms. The van der Waals surface area contributed by atoms with Gasteiger partial charge < -0.3 is 5.73 Å². The summed E-state index contributed by atoms with van der Waals surface area (Å²) in [6, 6.07) is 9.36. The zero-order valence-corrected chi connectivity index (χ0v) is 13.3. The van der Waals surface area contributed by atoms with Crippen LogP contribution in [-0.4, -0.2) is 10.9 Å². The molecule has 0 saturated carbocycles. The molecule has 2 N–H and O–H groups in total. The van der Waals surface area contributed by atoms with Crippen LogP contribution in [0.1, 0.15) is 36.8 Å². The number of benzene rings is 1. The third-order valence-electron chi connectivity index (χ3n) is 3.00. The molecule has 1 aromatic carbocycles. The van der Waals surface area contributed by atoms with Gasteiger partial charge in [-0.05, 0) is 36.3 Å². The van der Waals surface area contributed by atoms with E-state index in [1.807, 2.05) is 63.3 Å². The molecule has 3 heteroatoms. The summed E-state index contributed by atoms with van der Waals surface area (Å²) in [5.41, 5.74) is 8.49. The standard InChI is InChI=1S/C17H16N2O.C2H6/c1-3-4-5-7-12(2)13-8-6-9-15-14(13)10-11-16(19-15)17(18)20;1-2/h3-11H,1H2,2H3,(H2,18,20);1-2H3/b5-4-,12-7+;. The number of hydrogen-bond acceptors (Lipinski definition) is 2. The molecule has 114 valence electrons. The van der Waals surface area contributed by atoms with E-state index >= 15 is 0 Å².